The minimum atomic E-state index is -0.649. The fourth-order valence-electron chi connectivity index (χ4n) is 3.26. The molecule has 9 nitrogen and oxygen atoms in total. The molecule has 1 aliphatic carbocycles. The van der Waals surface area contributed by atoms with Gasteiger partial charge in [0.15, 0.2) is 0 Å². The topological polar surface area (TPSA) is 120 Å². The predicted octanol–water partition coefficient (Wildman–Crippen LogP) is 5.36. The van der Waals surface area contributed by atoms with Crippen molar-refractivity contribution in [3.63, 3.8) is 0 Å². The van der Waals surface area contributed by atoms with Gasteiger partial charge in [-0.3, -0.25) is 15.0 Å². The molecule has 36 heavy (non-hydrogen) atoms. The molecule has 0 unspecified atom stereocenters. The van der Waals surface area contributed by atoms with E-state index in [2.05, 4.69) is 10.5 Å². The van der Waals surface area contributed by atoms with E-state index in [1.807, 2.05) is 34.6 Å². The molecule has 194 valence electrons. The smallest absolute Gasteiger partial charge is 0.309 e. The highest BCUT2D eigenvalue weighted by atomic mass is 35.5. The fraction of sp³-hybridized carbons (Fsp3) is 0.440. The van der Waals surface area contributed by atoms with Gasteiger partial charge in [-0.2, -0.15) is 5.48 Å². The van der Waals surface area contributed by atoms with Crippen LogP contribution in [0, 0.1) is 11.3 Å². The van der Waals surface area contributed by atoms with E-state index in [1.54, 1.807) is 6.07 Å². The zero-order valence-electron chi connectivity index (χ0n) is 20.7. The average Bonchev–Trinajstić information content (AvgIpc) is 2.73. The van der Waals surface area contributed by atoms with Crippen molar-refractivity contribution >= 4 is 41.0 Å². The molecule has 0 spiro atoms. The molecule has 0 atom stereocenters. The molecule has 0 radical (unpaired) electrons. The lowest BCUT2D eigenvalue weighted by atomic mass is 9.82. The standard InChI is InChI=1S/C25H29Cl2N3O6/c1-13(2)33-23-20(27)10-15(12-29-23)21(28)36-30-22(31)18-7-6-16(11-19(18)26)34-17-8-14(9-17)24(32)35-25(3,4)5/h6-7,10-14,17,28H,8-9H2,1-5H3,(H,30,31)/t14-,17-. The first kappa shape index (κ1) is 27.5. The molecule has 1 aromatic heterocycles. The van der Waals surface area contributed by atoms with Crippen LogP contribution in [-0.4, -0.2) is 40.6 Å². The number of nitrogens with zero attached hydrogens (tertiary/aromatic N) is 1. The number of esters is 1. The number of hydrogen-bond acceptors (Lipinski definition) is 8. The Morgan fingerprint density at radius 2 is 1.83 bits per heavy atom. The van der Waals surface area contributed by atoms with E-state index in [4.69, 9.17) is 47.7 Å². The Morgan fingerprint density at radius 1 is 1.14 bits per heavy atom. The highest BCUT2D eigenvalue weighted by Gasteiger charge is 2.38. The molecule has 2 N–H and O–H groups in total. The fourth-order valence-corrected chi connectivity index (χ4v) is 3.72. The number of halogens is 2. The summed E-state index contributed by atoms with van der Waals surface area (Å²) < 4.78 is 16.7. The first-order chi connectivity index (χ1) is 16.8. The Bertz CT molecular complexity index is 1140. The van der Waals surface area contributed by atoms with Gasteiger partial charge in [0.1, 0.15) is 22.5 Å². The number of aromatic nitrogens is 1. The highest BCUT2D eigenvalue weighted by molar-refractivity contribution is 6.34. The van der Waals surface area contributed by atoms with Crippen LogP contribution in [0.25, 0.3) is 0 Å². The predicted molar refractivity (Wildman–Crippen MR) is 135 cm³/mol. The number of hydrogen-bond donors (Lipinski definition) is 2. The third kappa shape index (κ3) is 7.48. The maximum atomic E-state index is 12.5. The number of carbonyl (C=O) groups excluding carboxylic acids is 2. The summed E-state index contributed by atoms with van der Waals surface area (Å²) >= 11 is 12.4. The van der Waals surface area contributed by atoms with Crippen LogP contribution in [-0.2, 0) is 14.4 Å². The molecule has 1 fully saturated rings. The maximum Gasteiger partial charge on any atom is 0.309 e. The van der Waals surface area contributed by atoms with Crippen molar-refractivity contribution in [3.8, 4) is 11.6 Å². The van der Waals surface area contributed by atoms with Crippen LogP contribution >= 0.6 is 23.2 Å². The maximum absolute atomic E-state index is 12.5. The Labute approximate surface area is 219 Å². The normalized spacial score (nSPS) is 17.1. The van der Waals surface area contributed by atoms with E-state index in [1.165, 1.54) is 24.4 Å². The molecule has 2 aromatic rings. The van der Waals surface area contributed by atoms with Crippen LogP contribution in [0.3, 0.4) is 0 Å². The van der Waals surface area contributed by atoms with Crippen LogP contribution in [0.5, 0.6) is 11.6 Å². The van der Waals surface area contributed by atoms with Gasteiger partial charge in [-0.15, -0.1) is 0 Å². The van der Waals surface area contributed by atoms with Crippen molar-refractivity contribution < 1.29 is 28.6 Å². The summed E-state index contributed by atoms with van der Waals surface area (Å²) in [5.74, 6) is -0.717. The van der Waals surface area contributed by atoms with Crippen molar-refractivity contribution in [1.82, 2.24) is 10.5 Å². The first-order valence-corrected chi connectivity index (χ1v) is 12.2. The molecular weight excluding hydrogens is 509 g/mol. The van der Waals surface area contributed by atoms with Gasteiger partial charge >= 0.3 is 5.97 Å². The third-order valence-electron chi connectivity index (χ3n) is 4.99. The summed E-state index contributed by atoms with van der Waals surface area (Å²) in [4.78, 5) is 33.7. The molecule has 3 rings (SSSR count). The van der Waals surface area contributed by atoms with Gasteiger partial charge in [0.05, 0.1) is 28.2 Å². The number of pyridine rings is 1. The lowest BCUT2D eigenvalue weighted by molar-refractivity contribution is -0.166. The molecule has 0 aliphatic heterocycles. The SMILES string of the molecule is CC(C)Oc1ncc(C(=N)ONC(=O)c2ccc(O[C@H]3C[C@H](C(=O)OC(C)(C)C)C3)cc2Cl)cc1Cl. The Morgan fingerprint density at radius 3 is 2.42 bits per heavy atom. The average molecular weight is 538 g/mol. The summed E-state index contributed by atoms with van der Waals surface area (Å²) in [6, 6.07) is 6.05. The number of hydroxylamine groups is 1. The molecule has 11 heteroatoms. The second-order valence-corrected chi connectivity index (χ2v) is 10.4. The second-order valence-electron chi connectivity index (χ2n) is 9.62. The highest BCUT2D eigenvalue weighted by Crippen LogP contribution is 2.34. The number of rotatable bonds is 7. The lowest BCUT2D eigenvalue weighted by Gasteiger charge is -2.35. The minimum absolute atomic E-state index is 0.111. The van der Waals surface area contributed by atoms with Crippen molar-refractivity contribution in [3.05, 3.63) is 51.6 Å². The second kappa shape index (κ2) is 11.3. The molecular formula is C25H29Cl2N3O6. The summed E-state index contributed by atoms with van der Waals surface area (Å²) in [6.07, 6.45) is 2.20. The van der Waals surface area contributed by atoms with Crippen LogP contribution in [0.2, 0.25) is 10.0 Å². The van der Waals surface area contributed by atoms with Crippen LogP contribution in [0.1, 0.15) is 63.4 Å². The summed E-state index contributed by atoms with van der Waals surface area (Å²) in [7, 11) is 0. The van der Waals surface area contributed by atoms with Crippen molar-refractivity contribution in [2.24, 2.45) is 5.92 Å². The van der Waals surface area contributed by atoms with Crippen LogP contribution < -0.4 is 15.0 Å². The monoisotopic (exact) mass is 537 g/mol. The van der Waals surface area contributed by atoms with Gasteiger partial charge in [-0.25, -0.2) is 4.98 Å². The molecule has 1 aromatic carbocycles. The van der Waals surface area contributed by atoms with Crippen molar-refractivity contribution in [2.45, 2.75) is 65.3 Å². The van der Waals surface area contributed by atoms with E-state index in [-0.39, 0.29) is 57.0 Å². The lowest BCUT2D eigenvalue weighted by Crippen LogP contribution is -2.41. The van der Waals surface area contributed by atoms with Gasteiger partial charge in [0.25, 0.3) is 5.91 Å². The molecule has 0 saturated heterocycles. The first-order valence-electron chi connectivity index (χ1n) is 11.4. The van der Waals surface area contributed by atoms with Gasteiger partial charge in [0, 0.05) is 6.20 Å². The molecule has 1 heterocycles. The molecule has 1 amide bonds. The van der Waals surface area contributed by atoms with Crippen LogP contribution in [0.4, 0.5) is 0 Å². The number of amides is 1. The molecule has 1 aliphatic rings. The van der Waals surface area contributed by atoms with Crippen LogP contribution in [0.15, 0.2) is 30.5 Å². The zero-order valence-corrected chi connectivity index (χ0v) is 22.2. The summed E-state index contributed by atoms with van der Waals surface area (Å²) in [6.45, 7) is 9.17. The van der Waals surface area contributed by atoms with Gasteiger partial charge < -0.3 is 19.0 Å². The Hall–Kier alpha value is -3.04. The molecule has 0 bridgehead atoms. The van der Waals surface area contributed by atoms with E-state index >= 15 is 0 Å². The van der Waals surface area contributed by atoms with Crippen molar-refractivity contribution in [1.29, 1.82) is 5.41 Å². The van der Waals surface area contributed by atoms with Gasteiger partial charge in [-0.1, -0.05) is 23.2 Å². The number of carbonyl (C=O) groups is 2. The van der Waals surface area contributed by atoms with Gasteiger partial charge in [-0.05, 0) is 71.7 Å². The minimum Gasteiger partial charge on any atom is -0.490 e. The van der Waals surface area contributed by atoms with E-state index in [0.717, 1.165) is 0 Å². The largest absolute Gasteiger partial charge is 0.490 e. The number of nitrogens with one attached hydrogen (secondary N) is 2. The Kier molecular flexibility index (Phi) is 8.68. The summed E-state index contributed by atoms with van der Waals surface area (Å²) in [5, 5.41) is 8.37. The third-order valence-corrected chi connectivity index (χ3v) is 5.57. The van der Waals surface area contributed by atoms with E-state index < -0.39 is 11.5 Å². The van der Waals surface area contributed by atoms with Crippen molar-refractivity contribution in [2.75, 3.05) is 0 Å². The van der Waals surface area contributed by atoms with E-state index in [9.17, 15) is 9.59 Å². The number of benzene rings is 1. The number of ether oxygens (including phenoxy) is 3. The Balaban J connectivity index is 1.50. The zero-order chi connectivity index (χ0) is 26.6. The van der Waals surface area contributed by atoms with E-state index in [0.29, 0.717) is 18.6 Å². The summed E-state index contributed by atoms with van der Waals surface area (Å²) in [5.41, 5.74) is 2.04. The quantitative estimate of drug-likeness (QED) is 0.211. The molecule has 1 saturated carbocycles. The van der Waals surface area contributed by atoms with Gasteiger partial charge in [0.2, 0.25) is 11.8 Å².